The lowest BCUT2D eigenvalue weighted by atomic mass is 10.0. The Hall–Kier alpha value is -1.91. The van der Waals surface area contributed by atoms with Gasteiger partial charge in [-0.05, 0) is 42.6 Å². The summed E-state index contributed by atoms with van der Waals surface area (Å²) in [5, 5.41) is 15.5. The summed E-state index contributed by atoms with van der Waals surface area (Å²) < 4.78 is 0. The maximum atomic E-state index is 12.6. The van der Waals surface area contributed by atoms with Gasteiger partial charge in [-0.1, -0.05) is 42.5 Å². The number of hydrogen-bond donors (Lipinski definition) is 2. The first-order valence-electron chi connectivity index (χ1n) is 8.37. The van der Waals surface area contributed by atoms with E-state index in [2.05, 4.69) is 35.6 Å². The monoisotopic (exact) mass is 312 g/mol. The highest BCUT2D eigenvalue weighted by Gasteiger charge is 2.33. The third-order valence-corrected chi connectivity index (χ3v) is 4.68. The molecule has 1 saturated heterocycles. The van der Waals surface area contributed by atoms with Crippen molar-refractivity contribution in [3.63, 3.8) is 0 Å². The molecule has 0 saturated carbocycles. The summed E-state index contributed by atoms with van der Waals surface area (Å²) in [6.45, 7) is 4.03. The van der Waals surface area contributed by atoms with Crippen LogP contribution in [0.4, 0.5) is 0 Å². The lowest BCUT2D eigenvalue weighted by Gasteiger charge is -2.26. The first kappa shape index (κ1) is 16.0. The summed E-state index contributed by atoms with van der Waals surface area (Å²) in [6, 6.07) is 14.2. The van der Waals surface area contributed by atoms with E-state index in [1.54, 1.807) is 0 Å². The lowest BCUT2D eigenvalue weighted by Crippen LogP contribution is -2.48. The summed E-state index contributed by atoms with van der Waals surface area (Å²) in [4.78, 5) is 14.4. The van der Waals surface area contributed by atoms with Gasteiger partial charge in [0.25, 0.3) is 0 Å². The maximum absolute atomic E-state index is 12.6. The Bertz CT molecular complexity index is 681. The Labute approximate surface area is 137 Å². The fraction of sp³-hybridized carbons (Fsp3) is 0.421. The zero-order valence-corrected chi connectivity index (χ0v) is 13.5. The lowest BCUT2D eigenvalue weighted by molar-refractivity contribution is -0.135. The third-order valence-electron chi connectivity index (χ3n) is 4.68. The average molecular weight is 312 g/mol. The summed E-state index contributed by atoms with van der Waals surface area (Å²) in [5.74, 6) is 0.0118. The normalized spacial score (nSPS) is 20.8. The molecule has 4 heteroatoms. The Kier molecular flexibility index (Phi) is 4.94. The van der Waals surface area contributed by atoms with Gasteiger partial charge in [-0.25, -0.2) is 0 Å². The zero-order valence-electron chi connectivity index (χ0n) is 13.5. The van der Waals surface area contributed by atoms with E-state index in [1.807, 2.05) is 24.0 Å². The zero-order chi connectivity index (χ0) is 16.2. The molecule has 122 valence electrons. The predicted molar refractivity (Wildman–Crippen MR) is 92.3 cm³/mol. The van der Waals surface area contributed by atoms with Crippen LogP contribution in [0.3, 0.4) is 0 Å². The Morgan fingerprint density at radius 3 is 2.78 bits per heavy atom. The van der Waals surface area contributed by atoms with Crippen LogP contribution >= 0.6 is 0 Å². The number of hydrogen-bond acceptors (Lipinski definition) is 3. The van der Waals surface area contributed by atoms with Crippen LogP contribution in [0.5, 0.6) is 0 Å². The van der Waals surface area contributed by atoms with Crippen LogP contribution in [0, 0.1) is 0 Å². The summed E-state index contributed by atoms with van der Waals surface area (Å²) in [5.41, 5.74) is 1.26. The van der Waals surface area contributed by atoms with E-state index in [1.165, 1.54) is 16.3 Å². The molecule has 0 aromatic heterocycles. The van der Waals surface area contributed by atoms with Gasteiger partial charge in [-0.3, -0.25) is 4.79 Å². The molecule has 1 aliphatic heterocycles. The molecular weight excluding hydrogens is 288 g/mol. The molecule has 1 aliphatic rings. The predicted octanol–water partition coefficient (Wildman–Crippen LogP) is 1.95. The van der Waals surface area contributed by atoms with Gasteiger partial charge in [0, 0.05) is 13.1 Å². The van der Waals surface area contributed by atoms with Crippen LogP contribution in [0.25, 0.3) is 10.8 Å². The van der Waals surface area contributed by atoms with E-state index in [4.69, 9.17) is 0 Å². The molecule has 1 heterocycles. The van der Waals surface area contributed by atoms with Crippen molar-refractivity contribution in [2.45, 2.75) is 31.9 Å². The minimum atomic E-state index is -0.561. The van der Waals surface area contributed by atoms with Crippen LogP contribution in [-0.4, -0.2) is 47.7 Å². The van der Waals surface area contributed by atoms with Gasteiger partial charge in [-0.2, -0.15) is 0 Å². The molecule has 0 aliphatic carbocycles. The number of carbonyl (C=O) groups is 1. The van der Waals surface area contributed by atoms with E-state index in [0.717, 1.165) is 6.42 Å². The van der Waals surface area contributed by atoms with Crippen LogP contribution in [0.1, 0.15) is 18.9 Å². The second-order valence-corrected chi connectivity index (χ2v) is 6.09. The van der Waals surface area contributed by atoms with Gasteiger partial charge in [0.05, 0.1) is 6.10 Å². The number of fused-ring (bicyclic) bond motifs is 1. The van der Waals surface area contributed by atoms with Crippen molar-refractivity contribution in [1.82, 2.24) is 10.2 Å². The minimum absolute atomic E-state index is 0.0118. The largest absolute Gasteiger partial charge is 0.391 e. The molecule has 1 unspecified atom stereocenters. The molecule has 4 nitrogen and oxygen atoms in total. The summed E-state index contributed by atoms with van der Waals surface area (Å²) >= 11 is 0. The standard InChI is InChI=1S/C19H24N2O2/c1-2-21(19(23)18-17(22)10-12-20-18)13-11-15-8-5-7-14-6-3-4-9-16(14)15/h3-9,17-18,20,22H,2,10-13H2,1H3/t17?,18-/m0/s1. The van der Waals surface area contributed by atoms with Gasteiger partial charge in [0.15, 0.2) is 0 Å². The molecule has 0 bridgehead atoms. The smallest absolute Gasteiger partial charge is 0.242 e. The summed E-state index contributed by atoms with van der Waals surface area (Å²) in [7, 11) is 0. The molecule has 0 spiro atoms. The van der Waals surface area contributed by atoms with Crippen molar-refractivity contribution >= 4 is 16.7 Å². The van der Waals surface area contributed by atoms with Gasteiger partial charge >= 0.3 is 0 Å². The van der Waals surface area contributed by atoms with E-state index in [0.29, 0.717) is 26.1 Å². The highest BCUT2D eigenvalue weighted by atomic mass is 16.3. The van der Waals surface area contributed by atoms with Crippen LogP contribution in [0.15, 0.2) is 42.5 Å². The average Bonchev–Trinajstić information content (AvgIpc) is 3.01. The molecule has 2 aromatic rings. The first-order chi connectivity index (χ1) is 11.2. The molecule has 2 aromatic carbocycles. The second-order valence-electron chi connectivity index (χ2n) is 6.09. The minimum Gasteiger partial charge on any atom is -0.391 e. The van der Waals surface area contributed by atoms with E-state index in [-0.39, 0.29) is 5.91 Å². The van der Waals surface area contributed by atoms with Gasteiger partial charge in [0.1, 0.15) is 6.04 Å². The van der Waals surface area contributed by atoms with Crippen LogP contribution in [-0.2, 0) is 11.2 Å². The number of nitrogens with zero attached hydrogens (tertiary/aromatic N) is 1. The SMILES string of the molecule is CCN(CCc1cccc2ccccc12)C(=O)[C@H]1NCCC1O. The van der Waals surface area contributed by atoms with Crippen molar-refractivity contribution < 1.29 is 9.90 Å². The van der Waals surface area contributed by atoms with Gasteiger partial charge in [0.2, 0.25) is 5.91 Å². The number of rotatable bonds is 5. The molecule has 1 fully saturated rings. The van der Waals surface area contributed by atoms with Crippen molar-refractivity contribution in [3.05, 3.63) is 48.0 Å². The fourth-order valence-corrected chi connectivity index (χ4v) is 3.33. The van der Waals surface area contributed by atoms with E-state index >= 15 is 0 Å². The molecular formula is C19H24N2O2. The van der Waals surface area contributed by atoms with Crippen molar-refractivity contribution in [1.29, 1.82) is 0 Å². The van der Waals surface area contributed by atoms with Crippen molar-refractivity contribution in [3.8, 4) is 0 Å². The Morgan fingerprint density at radius 2 is 2.04 bits per heavy atom. The number of aliphatic hydroxyl groups excluding tert-OH is 1. The molecule has 23 heavy (non-hydrogen) atoms. The molecule has 3 rings (SSSR count). The quantitative estimate of drug-likeness (QED) is 0.887. The highest BCUT2D eigenvalue weighted by Crippen LogP contribution is 2.19. The van der Waals surface area contributed by atoms with E-state index < -0.39 is 12.1 Å². The van der Waals surface area contributed by atoms with Gasteiger partial charge in [-0.15, -0.1) is 0 Å². The van der Waals surface area contributed by atoms with Crippen molar-refractivity contribution in [2.24, 2.45) is 0 Å². The fourth-order valence-electron chi connectivity index (χ4n) is 3.33. The molecule has 2 N–H and O–H groups in total. The van der Waals surface area contributed by atoms with E-state index in [9.17, 15) is 9.90 Å². The van der Waals surface area contributed by atoms with Crippen molar-refractivity contribution in [2.75, 3.05) is 19.6 Å². The molecule has 2 atom stereocenters. The maximum Gasteiger partial charge on any atom is 0.242 e. The number of nitrogens with one attached hydrogen (secondary N) is 1. The highest BCUT2D eigenvalue weighted by molar-refractivity contribution is 5.86. The molecule has 1 amide bonds. The Morgan fingerprint density at radius 1 is 1.26 bits per heavy atom. The molecule has 0 radical (unpaired) electrons. The van der Waals surface area contributed by atoms with Crippen LogP contribution in [0.2, 0.25) is 0 Å². The van der Waals surface area contributed by atoms with Crippen LogP contribution < -0.4 is 5.32 Å². The summed E-state index contributed by atoms with van der Waals surface area (Å²) in [6.07, 6.45) is 0.912. The topological polar surface area (TPSA) is 52.6 Å². The number of amides is 1. The first-order valence-corrected chi connectivity index (χ1v) is 8.37. The number of benzene rings is 2. The van der Waals surface area contributed by atoms with Gasteiger partial charge < -0.3 is 15.3 Å². The second kappa shape index (κ2) is 7.11. The number of carbonyl (C=O) groups excluding carboxylic acids is 1. The number of likely N-dealkylation sites (N-methyl/N-ethyl adjacent to an activating group) is 1. The Balaban J connectivity index is 1.71. The number of aliphatic hydroxyl groups is 1. The third kappa shape index (κ3) is 3.38.